The quantitative estimate of drug-likeness (QED) is 0.139. The van der Waals surface area contributed by atoms with Crippen LogP contribution in [0.2, 0.25) is 10.0 Å². The summed E-state index contributed by atoms with van der Waals surface area (Å²) in [6.07, 6.45) is 2.45. The Balaban J connectivity index is 0.000000165. The zero-order valence-electron chi connectivity index (χ0n) is 22.6. The summed E-state index contributed by atoms with van der Waals surface area (Å²) in [5, 5.41) is 1.70. The molecular formula is C32H28Cl2O5S2. The van der Waals surface area contributed by atoms with Crippen LogP contribution in [0.5, 0.6) is 11.5 Å². The first-order valence-corrected chi connectivity index (χ1v) is 16.4. The maximum Gasteiger partial charge on any atom is 0.227 e. The van der Waals surface area contributed by atoms with Gasteiger partial charge in [-0.3, -0.25) is 4.79 Å². The number of ether oxygens (including phenoxy) is 2. The summed E-state index contributed by atoms with van der Waals surface area (Å²) < 4.78 is 37.9. The van der Waals surface area contributed by atoms with Gasteiger partial charge < -0.3 is 18.6 Å². The van der Waals surface area contributed by atoms with Crippen LogP contribution in [0.1, 0.15) is 37.8 Å². The van der Waals surface area contributed by atoms with Crippen LogP contribution in [0.3, 0.4) is 0 Å². The normalized spacial score (nSPS) is 14.2. The molecule has 212 valence electrons. The molecule has 0 N–H and O–H groups in total. The third kappa shape index (κ3) is 5.80. The molecule has 4 aromatic carbocycles. The lowest BCUT2D eigenvalue weighted by Crippen LogP contribution is -2.16. The van der Waals surface area contributed by atoms with Gasteiger partial charge in [-0.05, 0) is 66.1 Å². The number of hydrogen-bond donors (Lipinski definition) is 0. The molecule has 0 bridgehead atoms. The van der Waals surface area contributed by atoms with Crippen molar-refractivity contribution >= 4 is 65.3 Å². The summed E-state index contributed by atoms with van der Waals surface area (Å²) in [7, 11) is -1.47. The highest BCUT2D eigenvalue weighted by Gasteiger charge is 2.33. The molecule has 1 aliphatic rings. The van der Waals surface area contributed by atoms with E-state index >= 15 is 0 Å². The zero-order valence-corrected chi connectivity index (χ0v) is 25.7. The molecule has 1 aromatic heterocycles. The van der Waals surface area contributed by atoms with Gasteiger partial charge in [-0.2, -0.15) is 0 Å². The van der Waals surface area contributed by atoms with E-state index in [2.05, 4.69) is 6.92 Å². The number of rotatable bonds is 6. The minimum Gasteiger partial charge on any atom is -0.606 e. The van der Waals surface area contributed by atoms with Crippen molar-refractivity contribution in [2.45, 2.75) is 42.9 Å². The van der Waals surface area contributed by atoms with Gasteiger partial charge in [-0.1, -0.05) is 67.4 Å². The van der Waals surface area contributed by atoms with E-state index in [0.29, 0.717) is 61.4 Å². The Labute approximate surface area is 254 Å². The molecule has 0 amide bonds. The van der Waals surface area contributed by atoms with Crippen LogP contribution in [0, 0.1) is 0 Å². The van der Waals surface area contributed by atoms with Crippen molar-refractivity contribution in [3.05, 3.63) is 104 Å². The van der Waals surface area contributed by atoms with E-state index in [1.54, 1.807) is 36.4 Å². The Bertz CT molecular complexity index is 1790. The Hall–Kier alpha value is -2.78. The molecule has 0 saturated heterocycles. The van der Waals surface area contributed by atoms with Crippen LogP contribution in [-0.4, -0.2) is 22.3 Å². The molecule has 0 saturated carbocycles. The van der Waals surface area contributed by atoms with Crippen molar-refractivity contribution in [1.29, 1.82) is 0 Å². The molecule has 5 aromatic rings. The molecule has 9 heteroatoms. The van der Waals surface area contributed by atoms with Crippen LogP contribution in [0.15, 0.2) is 87.4 Å². The summed E-state index contributed by atoms with van der Waals surface area (Å²) in [6.45, 7) is 5.16. The molecule has 0 spiro atoms. The smallest absolute Gasteiger partial charge is 0.227 e. The predicted octanol–water partition coefficient (Wildman–Crippen LogP) is 8.72. The fourth-order valence-electron chi connectivity index (χ4n) is 4.73. The largest absolute Gasteiger partial charge is 0.606 e. The lowest BCUT2D eigenvalue weighted by molar-refractivity contribution is 0.308. The van der Waals surface area contributed by atoms with Crippen LogP contribution in [0.4, 0.5) is 0 Å². The lowest BCUT2D eigenvalue weighted by atomic mass is 10.0. The lowest BCUT2D eigenvalue weighted by Gasteiger charge is -2.24. The minimum absolute atomic E-state index is 0.202. The topological polar surface area (TPSA) is 81.7 Å². The first kappa shape index (κ1) is 29.7. The van der Waals surface area contributed by atoms with E-state index in [4.69, 9.17) is 32.7 Å². The van der Waals surface area contributed by atoms with Gasteiger partial charge >= 0.3 is 0 Å². The first-order valence-electron chi connectivity index (χ1n) is 13.3. The Morgan fingerprint density at radius 1 is 0.805 bits per heavy atom. The summed E-state index contributed by atoms with van der Waals surface area (Å²) >= 11 is 11.2. The molecule has 1 aliphatic heterocycles. The van der Waals surface area contributed by atoms with Crippen molar-refractivity contribution in [2.75, 3.05) is 13.2 Å². The van der Waals surface area contributed by atoms with Crippen LogP contribution >= 0.6 is 34.0 Å². The van der Waals surface area contributed by atoms with Gasteiger partial charge in [0.2, 0.25) is 15.0 Å². The highest BCUT2D eigenvalue weighted by Crippen LogP contribution is 2.43. The van der Waals surface area contributed by atoms with Gasteiger partial charge in [0.15, 0.2) is 21.1 Å². The number of hydrogen-bond acceptors (Lipinski definition) is 5. The fourth-order valence-corrected chi connectivity index (χ4v) is 8.30. The van der Waals surface area contributed by atoms with Gasteiger partial charge in [0.25, 0.3) is 0 Å². The van der Waals surface area contributed by atoms with Crippen molar-refractivity contribution in [3.8, 4) is 11.5 Å². The molecule has 2 atom stereocenters. The number of fused-ring (bicyclic) bond motifs is 4. The van der Waals surface area contributed by atoms with Gasteiger partial charge in [0.1, 0.15) is 5.39 Å². The molecule has 0 fully saturated rings. The maximum atomic E-state index is 12.8. The molecule has 6 rings (SSSR count). The molecule has 0 radical (unpaired) electrons. The van der Waals surface area contributed by atoms with E-state index in [0.717, 1.165) is 33.8 Å². The predicted molar refractivity (Wildman–Crippen MR) is 168 cm³/mol. The second-order valence-corrected chi connectivity index (χ2v) is 13.0. The van der Waals surface area contributed by atoms with Crippen LogP contribution in [0.25, 0.3) is 20.2 Å². The van der Waals surface area contributed by atoms with Gasteiger partial charge in [-0.25, -0.2) is 0 Å². The Kier molecular flexibility index (Phi) is 9.44. The molecular weight excluding hydrogens is 599 g/mol. The first-order chi connectivity index (χ1) is 19.9. The fraction of sp³-hybridized carbons (Fsp3) is 0.219. The third-order valence-corrected chi connectivity index (χ3v) is 10.4. The van der Waals surface area contributed by atoms with E-state index < -0.39 is 21.9 Å². The van der Waals surface area contributed by atoms with Gasteiger partial charge in [0.05, 0.1) is 23.6 Å². The number of halogens is 2. The standard InChI is InChI=1S/C16H13ClO3S.C16H15ClO2S/c1-2-9-20-12-8-7-11(17)14-15(18)10-5-3-4-6-13(10)21(19)16(12)14;1-2-9-19-14-8-7-13(17)12-10-11-5-3-4-6-15(11)20(18)16(12)14/h3-8H,2,9H2,1H3;3-8H,2,9-10H2,1H3. The summed E-state index contributed by atoms with van der Waals surface area (Å²) in [5.74, 6) is 1.16. The van der Waals surface area contributed by atoms with Crippen LogP contribution in [-0.2, 0) is 17.6 Å². The average Bonchev–Trinajstić information content (AvgIpc) is 2.99. The van der Waals surface area contributed by atoms with E-state index in [1.165, 1.54) is 0 Å². The average molecular weight is 628 g/mol. The Morgan fingerprint density at radius 2 is 1.44 bits per heavy atom. The number of benzene rings is 4. The monoisotopic (exact) mass is 626 g/mol. The SMILES string of the molecule is CCCOc1ccc(Cl)c2c(=O)c3ccccc3[s+]([O-])c12.CCCOc1ccc(Cl)c2c1[S+]([O-])c1ccccc1C2. The van der Waals surface area contributed by atoms with E-state index in [1.807, 2.05) is 43.3 Å². The van der Waals surface area contributed by atoms with Crippen molar-refractivity contribution in [3.63, 3.8) is 0 Å². The minimum atomic E-state index is -1.47. The van der Waals surface area contributed by atoms with Crippen molar-refractivity contribution in [1.82, 2.24) is 0 Å². The van der Waals surface area contributed by atoms with Crippen molar-refractivity contribution < 1.29 is 18.6 Å². The molecule has 41 heavy (non-hydrogen) atoms. The molecule has 5 nitrogen and oxygen atoms in total. The molecule has 2 heterocycles. The van der Waals surface area contributed by atoms with E-state index in [9.17, 15) is 13.9 Å². The zero-order chi connectivity index (χ0) is 29.1. The maximum absolute atomic E-state index is 12.8. The van der Waals surface area contributed by atoms with Crippen LogP contribution < -0.4 is 14.9 Å². The van der Waals surface area contributed by atoms with E-state index in [-0.39, 0.29) is 5.43 Å². The second kappa shape index (κ2) is 13.0. The third-order valence-electron chi connectivity index (χ3n) is 6.63. The van der Waals surface area contributed by atoms with Gasteiger partial charge in [0, 0.05) is 33.7 Å². The molecule has 2 unspecified atom stereocenters. The van der Waals surface area contributed by atoms with Gasteiger partial charge in [-0.15, -0.1) is 0 Å². The molecule has 0 aliphatic carbocycles. The summed E-state index contributed by atoms with van der Waals surface area (Å²) in [6, 6.07) is 21.7. The Morgan fingerprint density at radius 3 is 2.20 bits per heavy atom. The summed E-state index contributed by atoms with van der Waals surface area (Å²) in [4.78, 5) is 14.2. The second-order valence-electron chi connectivity index (χ2n) is 9.45. The highest BCUT2D eigenvalue weighted by molar-refractivity contribution is 7.91. The summed E-state index contributed by atoms with van der Waals surface area (Å²) in [5.41, 5.74) is 1.80. The highest BCUT2D eigenvalue weighted by atomic mass is 35.5. The van der Waals surface area contributed by atoms with Crippen molar-refractivity contribution in [2.24, 2.45) is 0 Å².